The lowest BCUT2D eigenvalue weighted by Gasteiger charge is -2.27. The number of anilines is 1. The van der Waals surface area contributed by atoms with E-state index < -0.39 is 0 Å². The number of aromatic nitrogens is 1. The van der Waals surface area contributed by atoms with Gasteiger partial charge in [0.05, 0.1) is 5.02 Å². The van der Waals surface area contributed by atoms with E-state index in [2.05, 4.69) is 51.2 Å². The summed E-state index contributed by atoms with van der Waals surface area (Å²) in [5.41, 5.74) is 0. The van der Waals surface area contributed by atoms with E-state index in [0.29, 0.717) is 17.1 Å². The summed E-state index contributed by atoms with van der Waals surface area (Å²) in [7, 11) is 1.82. The topological polar surface area (TPSA) is 55.8 Å². The molecular formula is C18H31ClN6. The van der Waals surface area contributed by atoms with E-state index in [0.717, 1.165) is 50.9 Å². The molecule has 1 aliphatic rings. The third kappa shape index (κ3) is 5.47. The first-order valence-electron chi connectivity index (χ1n) is 9.15. The van der Waals surface area contributed by atoms with Crippen LogP contribution in [0.4, 0.5) is 5.82 Å². The third-order valence-electron chi connectivity index (χ3n) is 4.79. The van der Waals surface area contributed by atoms with Gasteiger partial charge in [0.2, 0.25) is 0 Å². The van der Waals surface area contributed by atoms with Gasteiger partial charge in [0.15, 0.2) is 5.96 Å². The average molecular weight is 367 g/mol. The van der Waals surface area contributed by atoms with Crippen molar-refractivity contribution in [3.05, 3.63) is 23.4 Å². The van der Waals surface area contributed by atoms with Crippen LogP contribution >= 0.6 is 11.6 Å². The molecule has 0 amide bonds. The van der Waals surface area contributed by atoms with Crippen molar-refractivity contribution < 1.29 is 0 Å². The van der Waals surface area contributed by atoms with Crippen molar-refractivity contribution in [1.82, 2.24) is 20.5 Å². The standard InChI is InChI=1S/C18H31ClN6/c1-5-24(6-2)14(3)12-22-18(20-4)23-15-9-11-25(13-15)17-16(19)8-7-10-21-17/h7-8,10,14-15H,5-6,9,11-13H2,1-4H3,(H2,20,22,23). The van der Waals surface area contributed by atoms with E-state index in [9.17, 15) is 0 Å². The largest absolute Gasteiger partial charge is 0.355 e. The molecule has 1 saturated heterocycles. The smallest absolute Gasteiger partial charge is 0.191 e. The molecule has 0 radical (unpaired) electrons. The number of hydrogen-bond acceptors (Lipinski definition) is 4. The average Bonchev–Trinajstić information content (AvgIpc) is 3.08. The highest BCUT2D eigenvalue weighted by molar-refractivity contribution is 6.32. The Morgan fingerprint density at radius 3 is 2.88 bits per heavy atom. The first kappa shape index (κ1) is 19.8. The van der Waals surface area contributed by atoms with Gasteiger partial charge >= 0.3 is 0 Å². The van der Waals surface area contributed by atoms with Crippen molar-refractivity contribution in [2.75, 3.05) is 44.7 Å². The lowest BCUT2D eigenvalue weighted by molar-refractivity contribution is 0.231. The number of nitrogens with zero attached hydrogens (tertiary/aromatic N) is 4. The Hall–Kier alpha value is -1.53. The van der Waals surface area contributed by atoms with Gasteiger partial charge in [-0.05, 0) is 38.6 Å². The molecule has 1 aromatic heterocycles. The summed E-state index contributed by atoms with van der Waals surface area (Å²) in [6, 6.07) is 4.56. The van der Waals surface area contributed by atoms with Crippen LogP contribution < -0.4 is 15.5 Å². The number of hydrogen-bond donors (Lipinski definition) is 2. The van der Waals surface area contributed by atoms with Crippen LogP contribution in [-0.2, 0) is 0 Å². The molecule has 2 N–H and O–H groups in total. The molecular weight excluding hydrogens is 336 g/mol. The van der Waals surface area contributed by atoms with Crippen molar-refractivity contribution in [2.24, 2.45) is 4.99 Å². The Morgan fingerprint density at radius 1 is 1.48 bits per heavy atom. The summed E-state index contributed by atoms with van der Waals surface area (Å²) in [5.74, 6) is 1.73. The van der Waals surface area contributed by atoms with Gasteiger partial charge in [-0.25, -0.2) is 4.98 Å². The number of pyridine rings is 1. The van der Waals surface area contributed by atoms with E-state index in [-0.39, 0.29) is 0 Å². The van der Waals surface area contributed by atoms with Crippen LogP contribution in [0.3, 0.4) is 0 Å². The van der Waals surface area contributed by atoms with Crippen LogP contribution in [0, 0.1) is 0 Å². The molecule has 6 nitrogen and oxygen atoms in total. The van der Waals surface area contributed by atoms with Gasteiger partial charge in [0.25, 0.3) is 0 Å². The van der Waals surface area contributed by atoms with Crippen LogP contribution in [-0.4, -0.2) is 67.7 Å². The van der Waals surface area contributed by atoms with Gasteiger partial charge in [-0.15, -0.1) is 0 Å². The molecule has 0 spiro atoms. The fraction of sp³-hybridized carbons (Fsp3) is 0.667. The zero-order valence-electron chi connectivity index (χ0n) is 15.8. The normalized spacial score (nSPS) is 19.4. The number of halogens is 1. The highest BCUT2D eigenvalue weighted by atomic mass is 35.5. The predicted molar refractivity (Wildman–Crippen MR) is 107 cm³/mol. The second-order valence-corrected chi connectivity index (χ2v) is 6.82. The number of guanidine groups is 1. The van der Waals surface area contributed by atoms with E-state index in [4.69, 9.17) is 11.6 Å². The summed E-state index contributed by atoms with van der Waals surface area (Å²) < 4.78 is 0. The first-order chi connectivity index (χ1) is 12.1. The van der Waals surface area contributed by atoms with Crippen molar-refractivity contribution >= 4 is 23.4 Å². The molecule has 2 unspecified atom stereocenters. The highest BCUT2D eigenvalue weighted by Gasteiger charge is 2.25. The predicted octanol–water partition coefficient (Wildman–Crippen LogP) is 2.21. The van der Waals surface area contributed by atoms with Crippen LogP contribution in [0.25, 0.3) is 0 Å². The summed E-state index contributed by atoms with van der Waals surface area (Å²) in [6.07, 6.45) is 2.83. The summed E-state index contributed by atoms with van der Waals surface area (Å²) >= 11 is 6.26. The second-order valence-electron chi connectivity index (χ2n) is 6.41. The van der Waals surface area contributed by atoms with Crippen molar-refractivity contribution in [1.29, 1.82) is 0 Å². The Balaban J connectivity index is 1.84. The summed E-state index contributed by atoms with van der Waals surface area (Å²) in [6.45, 7) is 11.5. The molecule has 0 aliphatic carbocycles. The van der Waals surface area contributed by atoms with Gasteiger partial charge in [0, 0.05) is 45.0 Å². The van der Waals surface area contributed by atoms with Crippen molar-refractivity contribution in [3.63, 3.8) is 0 Å². The summed E-state index contributed by atoms with van der Waals surface area (Å²) in [5, 5.41) is 7.68. The van der Waals surface area contributed by atoms with Crippen LogP contribution in [0.15, 0.2) is 23.3 Å². The maximum Gasteiger partial charge on any atom is 0.191 e. The molecule has 25 heavy (non-hydrogen) atoms. The monoisotopic (exact) mass is 366 g/mol. The molecule has 0 aromatic carbocycles. The van der Waals surface area contributed by atoms with Crippen LogP contribution in [0.1, 0.15) is 27.2 Å². The number of rotatable bonds is 7. The highest BCUT2D eigenvalue weighted by Crippen LogP contribution is 2.25. The van der Waals surface area contributed by atoms with Gasteiger partial charge in [0.1, 0.15) is 5.82 Å². The third-order valence-corrected chi connectivity index (χ3v) is 5.09. The number of nitrogens with one attached hydrogen (secondary N) is 2. The van der Waals surface area contributed by atoms with Gasteiger partial charge in [-0.3, -0.25) is 9.89 Å². The lowest BCUT2D eigenvalue weighted by Crippen LogP contribution is -2.49. The lowest BCUT2D eigenvalue weighted by atomic mass is 10.2. The molecule has 1 aromatic rings. The minimum absolute atomic E-state index is 0.341. The SMILES string of the molecule is CCN(CC)C(C)CNC(=NC)NC1CCN(c2ncccc2Cl)C1. The van der Waals surface area contributed by atoms with Crippen LogP contribution in [0.5, 0.6) is 0 Å². The summed E-state index contributed by atoms with van der Waals surface area (Å²) in [4.78, 5) is 13.4. The molecule has 2 rings (SSSR count). The maximum atomic E-state index is 6.26. The Labute approximate surface area is 156 Å². The van der Waals surface area contributed by atoms with E-state index in [1.165, 1.54) is 0 Å². The maximum absolute atomic E-state index is 6.26. The Morgan fingerprint density at radius 2 is 2.24 bits per heavy atom. The zero-order valence-corrected chi connectivity index (χ0v) is 16.6. The van der Waals surface area contributed by atoms with E-state index >= 15 is 0 Å². The second kappa shape index (κ2) is 9.82. The van der Waals surface area contributed by atoms with Gasteiger partial charge in [-0.1, -0.05) is 25.4 Å². The molecule has 2 heterocycles. The van der Waals surface area contributed by atoms with E-state index in [1.54, 1.807) is 6.20 Å². The molecule has 7 heteroatoms. The molecule has 140 valence electrons. The van der Waals surface area contributed by atoms with Gasteiger partial charge < -0.3 is 15.5 Å². The Kier molecular flexibility index (Phi) is 7.78. The fourth-order valence-corrected chi connectivity index (χ4v) is 3.53. The molecule has 2 atom stereocenters. The first-order valence-corrected chi connectivity index (χ1v) is 9.53. The van der Waals surface area contributed by atoms with E-state index in [1.807, 2.05) is 19.2 Å². The zero-order chi connectivity index (χ0) is 18.2. The minimum Gasteiger partial charge on any atom is -0.355 e. The molecule has 1 aliphatic heterocycles. The van der Waals surface area contributed by atoms with Crippen molar-refractivity contribution in [2.45, 2.75) is 39.3 Å². The quantitative estimate of drug-likeness (QED) is 0.572. The minimum atomic E-state index is 0.341. The fourth-order valence-electron chi connectivity index (χ4n) is 3.29. The molecule has 1 fully saturated rings. The van der Waals surface area contributed by atoms with Gasteiger partial charge in [-0.2, -0.15) is 0 Å². The van der Waals surface area contributed by atoms with Crippen LogP contribution in [0.2, 0.25) is 5.02 Å². The Bertz CT molecular complexity index is 560. The number of likely N-dealkylation sites (N-methyl/N-ethyl adjacent to an activating group) is 1. The van der Waals surface area contributed by atoms with Crippen molar-refractivity contribution in [3.8, 4) is 0 Å². The molecule has 0 bridgehead atoms. The number of aliphatic imine (C=N–C) groups is 1. The molecule has 0 saturated carbocycles.